The molecule has 1 aliphatic heterocycles. The van der Waals surface area contributed by atoms with Crippen molar-refractivity contribution in [1.82, 2.24) is 24.5 Å². The zero-order chi connectivity index (χ0) is 18.6. The summed E-state index contributed by atoms with van der Waals surface area (Å²) in [5, 5.41) is 12.3. The van der Waals surface area contributed by atoms with E-state index in [9.17, 15) is 0 Å². The van der Waals surface area contributed by atoms with Crippen LogP contribution in [-0.2, 0) is 6.42 Å². The Hall–Kier alpha value is -2.21. The minimum atomic E-state index is 0.771. The lowest BCUT2D eigenvalue weighted by atomic mass is 10.00. The first-order valence-corrected chi connectivity index (χ1v) is 10.4. The maximum atomic E-state index is 4.82. The number of aryl methyl sites for hydroxylation is 1. The van der Waals surface area contributed by atoms with Crippen molar-refractivity contribution < 1.29 is 0 Å². The van der Waals surface area contributed by atoms with Gasteiger partial charge in [-0.3, -0.25) is 4.40 Å². The quantitative estimate of drug-likeness (QED) is 0.643. The van der Waals surface area contributed by atoms with Crippen LogP contribution in [0.2, 0.25) is 0 Å². The highest BCUT2D eigenvalue weighted by Crippen LogP contribution is 2.22. The van der Waals surface area contributed by atoms with E-state index in [1.165, 1.54) is 32.2 Å². The number of hydrogen-bond acceptors (Lipinski definition) is 5. The zero-order valence-corrected chi connectivity index (χ0v) is 16.5. The second kappa shape index (κ2) is 8.21. The fraction of sp³-hybridized carbons (Fsp3) is 0.571. The summed E-state index contributed by atoms with van der Waals surface area (Å²) < 4.78 is 2.14. The third-order valence-corrected chi connectivity index (χ3v) is 5.75. The molecule has 3 aromatic rings. The number of para-hydroxylation sites is 2. The highest BCUT2D eigenvalue weighted by atomic mass is 15.3. The SMILES string of the molecule is CCc1nnc2c(NCCCN3CCCC[C@@H]3CC)nc3ccccc3n12. The van der Waals surface area contributed by atoms with Gasteiger partial charge in [0.05, 0.1) is 11.0 Å². The minimum Gasteiger partial charge on any atom is -0.367 e. The molecule has 6 nitrogen and oxygen atoms in total. The molecule has 0 unspecified atom stereocenters. The van der Waals surface area contributed by atoms with Crippen LogP contribution in [0.1, 0.15) is 51.8 Å². The average molecular weight is 367 g/mol. The molecule has 144 valence electrons. The fourth-order valence-corrected chi connectivity index (χ4v) is 4.29. The molecule has 0 amide bonds. The summed E-state index contributed by atoms with van der Waals surface area (Å²) in [6, 6.07) is 8.98. The highest BCUT2D eigenvalue weighted by Gasteiger charge is 2.20. The summed E-state index contributed by atoms with van der Waals surface area (Å²) in [5.41, 5.74) is 2.87. The predicted octanol–water partition coefficient (Wildman–Crippen LogP) is 3.91. The largest absolute Gasteiger partial charge is 0.367 e. The summed E-state index contributed by atoms with van der Waals surface area (Å²) in [4.78, 5) is 7.49. The van der Waals surface area contributed by atoms with Gasteiger partial charge in [0, 0.05) is 25.6 Å². The first-order valence-electron chi connectivity index (χ1n) is 10.4. The van der Waals surface area contributed by atoms with Gasteiger partial charge in [-0.1, -0.05) is 32.4 Å². The van der Waals surface area contributed by atoms with Gasteiger partial charge in [-0.2, -0.15) is 0 Å². The number of piperidine rings is 1. The van der Waals surface area contributed by atoms with Gasteiger partial charge in [-0.15, -0.1) is 10.2 Å². The number of rotatable bonds is 7. The van der Waals surface area contributed by atoms with Gasteiger partial charge in [0.1, 0.15) is 5.82 Å². The standard InChI is InChI=1S/C21H30N6/c1-3-16-10-7-8-14-26(16)15-9-13-22-20-21-25-24-19(4-2)27(21)18-12-6-5-11-17(18)23-20/h5-6,11-12,16H,3-4,7-10,13-15H2,1-2H3,(H,22,23)/t16-/m0/s1. The van der Waals surface area contributed by atoms with Crippen molar-refractivity contribution in [3.63, 3.8) is 0 Å². The van der Waals surface area contributed by atoms with Crippen LogP contribution in [0.15, 0.2) is 24.3 Å². The van der Waals surface area contributed by atoms with Crippen LogP contribution in [0.5, 0.6) is 0 Å². The van der Waals surface area contributed by atoms with E-state index in [-0.39, 0.29) is 0 Å². The Morgan fingerprint density at radius 3 is 2.89 bits per heavy atom. The molecule has 1 aromatic carbocycles. The maximum absolute atomic E-state index is 4.82. The van der Waals surface area contributed by atoms with E-state index in [2.05, 4.69) is 50.8 Å². The molecule has 2 aromatic heterocycles. The summed E-state index contributed by atoms with van der Waals surface area (Å²) >= 11 is 0. The Morgan fingerprint density at radius 2 is 2.04 bits per heavy atom. The van der Waals surface area contributed by atoms with E-state index in [4.69, 9.17) is 4.98 Å². The molecule has 1 aliphatic rings. The first-order chi connectivity index (χ1) is 13.3. The van der Waals surface area contributed by atoms with Gasteiger partial charge < -0.3 is 10.2 Å². The van der Waals surface area contributed by atoms with Crippen molar-refractivity contribution in [2.45, 2.75) is 58.4 Å². The summed E-state index contributed by atoms with van der Waals surface area (Å²) in [7, 11) is 0. The van der Waals surface area contributed by atoms with Crippen molar-refractivity contribution >= 4 is 22.5 Å². The molecule has 0 aliphatic carbocycles. The highest BCUT2D eigenvalue weighted by molar-refractivity contribution is 5.82. The molecular weight excluding hydrogens is 336 g/mol. The van der Waals surface area contributed by atoms with Crippen LogP contribution in [0.25, 0.3) is 16.7 Å². The van der Waals surface area contributed by atoms with Crippen LogP contribution in [0, 0.1) is 0 Å². The van der Waals surface area contributed by atoms with Gasteiger partial charge in [-0.05, 0) is 44.4 Å². The maximum Gasteiger partial charge on any atom is 0.204 e. The third-order valence-electron chi connectivity index (χ3n) is 5.75. The number of nitrogens with one attached hydrogen (secondary N) is 1. The van der Waals surface area contributed by atoms with E-state index in [0.29, 0.717) is 0 Å². The fourth-order valence-electron chi connectivity index (χ4n) is 4.29. The Labute approximate surface area is 161 Å². The number of likely N-dealkylation sites (tertiary alicyclic amines) is 1. The van der Waals surface area contributed by atoms with Crippen LogP contribution in [0.3, 0.4) is 0 Å². The molecule has 4 rings (SSSR count). The van der Waals surface area contributed by atoms with Crippen LogP contribution in [-0.4, -0.2) is 50.2 Å². The molecule has 6 heteroatoms. The number of fused-ring (bicyclic) bond motifs is 3. The van der Waals surface area contributed by atoms with Gasteiger partial charge >= 0.3 is 0 Å². The van der Waals surface area contributed by atoms with Gasteiger partial charge in [0.25, 0.3) is 0 Å². The Bertz CT molecular complexity index is 902. The van der Waals surface area contributed by atoms with Crippen molar-refractivity contribution in [3.8, 4) is 0 Å². The lowest BCUT2D eigenvalue weighted by Gasteiger charge is -2.35. The van der Waals surface area contributed by atoms with E-state index in [1.54, 1.807) is 0 Å². The molecule has 1 saturated heterocycles. The molecule has 0 bridgehead atoms. The summed E-state index contributed by atoms with van der Waals surface area (Å²) in [6.07, 6.45) is 7.32. The normalized spacial score (nSPS) is 18.4. The van der Waals surface area contributed by atoms with E-state index >= 15 is 0 Å². The monoisotopic (exact) mass is 366 g/mol. The average Bonchev–Trinajstić information content (AvgIpc) is 3.16. The number of nitrogens with zero attached hydrogens (tertiary/aromatic N) is 5. The second-order valence-electron chi connectivity index (χ2n) is 7.45. The molecule has 27 heavy (non-hydrogen) atoms. The molecule has 1 fully saturated rings. The Morgan fingerprint density at radius 1 is 1.15 bits per heavy atom. The zero-order valence-electron chi connectivity index (χ0n) is 16.5. The summed E-state index contributed by atoms with van der Waals surface area (Å²) in [6.45, 7) is 7.74. The van der Waals surface area contributed by atoms with Crippen LogP contribution in [0.4, 0.5) is 5.82 Å². The second-order valence-corrected chi connectivity index (χ2v) is 7.45. The van der Waals surface area contributed by atoms with Crippen molar-refractivity contribution in [2.24, 2.45) is 0 Å². The molecule has 3 heterocycles. The van der Waals surface area contributed by atoms with E-state index < -0.39 is 0 Å². The molecular formula is C21H30N6. The van der Waals surface area contributed by atoms with Gasteiger partial charge in [0.2, 0.25) is 5.65 Å². The lowest BCUT2D eigenvalue weighted by molar-refractivity contribution is 0.144. The predicted molar refractivity (Wildman–Crippen MR) is 110 cm³/mol. The van der Waals surface area contributed by atoms with Crippen molar-refractivity contribution in [1.29, 1.82) is 0 Å². The number of aromatic nitrogens is 4. The van der Waals surface area contributed by atoms with E-state index in [0.717, 1.165) is 60.3 Å². The number of anilines is 1. The summed E-state index contributed by atoms with van der Waals surface area (Å²) in [5.74, 6) is 1.82. The molecule has 1 atom stereocenters. The van der Waals surface area contributed by atoms with Gasteiger partial charge in [-0.25, -0.2) is 4.98 Å². The van der Waals surface area contributed by atoms with Crippen LogP contribution < -0.4 is 5.32 Å². The molecule has 0 spiro atoms. The number of benzene rings is 1. The molecule has 0 radical (unpaired) electrons. The third kappa shape index (κ3) is 3.63. The van der Waals surface area contributed by atoms with Crippen LogP contribution >= 0.6 is 0 Å². The number of hydrogen-bond donors (Lipinski definition) is 1. The smallest absolute Gasteiger partial charge is 0.204 e. The Balaban J connectivity index is 1.49. The first kappa shape index (κ1) is 18.2. The molecule has 1 N–H and O–H groups in total. The minimum absolute atomic E-state index is 0.771. The lowest BCUT2D eigenvalue weighted by Crippen LogP contribution is -2.40. The van der Waals surface area contributed by atoms with Gasteiger partial charge in [0.15, 0.2) is 5.82 Å². The molecule has 0 saturated carbocycles. The topological polar surface area (TPSA) is 58.4 Å². The Kier molecular flexibility index (Phi) is 5.53. The van der Waals surface area contributed by atoms with Crippen molar-refractivity contribution in [2.75, 3.05) is 25.0 Å². The van der Waals surface area contributed by atoms with E-state index in [1.807, 2.05) is 12.1 Å². The van der Waals surface area contributed by atoms with Crippen molar-refractivity contribution in [3.05, 3.63) is 30.1 Å².